The third kappa shape index (κ3) is 5.26. The van der Waals surface area contributed by atoms with Gasteiger partial charge in [0.2, 0.25) is 0 Å². The topological polar surface area (TPSA) is 9.23 Å². The van der Waals surface area contributed by atoms with Crippen LogP contribution >= 0.6 is 0 Å². The van der Waals surface area contributed by atoms with Gasteiger partial charge < -0.3 is 4.74 Å². The van der Waals surface area contributed by atoms with Crippen molar-refractivity contribution in [2.45, 2.75) is 6.42 Å². The average Bonchev–Trinajstić information content (AvgIpc) is 2.48. The van der Waals surface area contributed by atoms with Gasteiger partial charge in [-0.05, 0) is 23.6 Å². The van der Waals surface area contributed by atoms with E-state index in [0.29, 0.717) is 6.61 Å². The van der Waals surface area contributed by atoms with Gasteiger partial charge >= 0.3 is 0 Å². The maximum absolute atomic E-state index is 5.44. The van der Waals surface area contributed by atoms with Crippen molar-refractivity contribution >= 4 is 12.2 Å². The van der Waals surface area contributed by atoms with E-state index in [4.69, 9.17) is 4.74 Å². The van der Waals surface area contributed by atoms with Crippen LogP contribution in [0.3, 0.4) is 0 Å². The monoisotopic (exact) mass is 250 g/mol. The summed E-state index contributed by atoms with van der Waals surface area (Å²) in [6, 6.07) is 20.4. The van der Waals surface area contributed by atoms with Crippen LogP contribution in [0.4, 0.5) is 0 Å². The summed E-state index contributed by atoms with van der Waals surface area (Å²) in [5.74, 6) is 0. The Bertz CT molecular complexity index is 462. The summed E-state index contributed by atoms with van der Waals surface area (Å²) in [5.41, 5.74) is 2.38. The van der Waals surface area contributed by atoms with Crippen LogP contribution in [-0.4, -0.2) is 6.61 Å². The summed E-state index contributed by atoms with van der Waals surface area (Å²) >= 11 is 0. The molecule has 0 bridgehead atoms. The Balaban J connectivity index is 1.65. The van der Waals surface area contributed by atoms with Crippen molar-refractivity contribution in [3.63, 3.8) is 0 Å². The molecule has 0 heterocycles. The first-order valence-corrected chi connectivity index (χ1v) is 6.50. The average molecular weight is 250 g/mol. The number of hydrogen-bond donors (Lipinski definition) is 0. The van der Waals surface area contributed by atoms with E-state index in [9.17, 15) is 0 Å². The molecule has 0 fully saturated rings. The second-order valence-electron chi connectivity index (χ2n) is 4.19. The number of benzene rings is 2. The van der Waals surface area contributed by atoms with Crippen molar-refractivity contribution in [1.29, 1.82) is 0 Å². The molecule has 96 valence electrons. The first-order valence-electron chi connectivity index (χ1n) is 6.50. The van der Waals surface area contributed by atoms with Crippen LogP contribution in [0.2, 0.25) is 0 Å². The lowest BCUT2D eigenvalue weighted by molar-refractivity contribution is 0.259. The van der Waals surface area contributed by atoms with Gasteiger partial charge in [0, 0.05) is 0 Å². The van der Waals surface area contributed by atoms with E-state index >= 15 is 0 Å². The molecule has 1 nitrogen and oxygen atoms in total. The fraction of sp³-hybridized carbons (Fsp3) is 0.111. The summed E-state index contributed by atoms with van der Waals surface area (Å²) in [5, 5.41) is 0. The minimum Gasteiger partial charge on any atom is -0.501 e. The van der Waals surface area contributed by atoms with Crippen LogP contribution < -0.4 is 0 Å². The molecule has 2 aromatic carbocycles. The van der Waals surface area contributed by atoms with Gasteiger partial charge in [-0.3, -0.25) is 0 Å². The SMILES string of the molecule is C(=Cc1ccccc1)CCOC=Cc1ccccc1. The van der Waals surface area contributed by atoms with Crippen molar-refractivity contribution in [2.24, 2.45) is 0 Å². The van der Waals surface area contributed by atoms with Gasteiger partial charge in [0.1, 0.15) is 0 Å². The van der Waals surface area contributed by atoms with E-state index in [1.807, 2.05) is 42.5 Å². The van der Waals surface area contributed by atoms with Gasteiger partial charge in [-0.25, -0.2) is 0 Å². The molecule has 0 spiro atoms. The molecule has 0 aromatic heterocycles. The summed E-state index contributed by atoms with van der Waals surface area (Å²) in [7, 11) is 0. The van der Waals surface area contributed by atoms with Crippen LogP contribution in [0.25, 0.3) is 12.2 Å². The molecule has 2 rings (SSSR count). The van der Waals surface area contributed by atoms with Crippen LogP contribution in [0, 0.1) is 0 Å². The summed E-state index contributed by atoms with van der Waals surface area (Å²) in [4.78, 5) is 0. The molecule has 0 aliphatic rings. The molecule has 0 atom stereocenters. The Morgan fingerprint density at radius 3 is 1.95 bits per heavy atom. The van der Waals surface area contributed by atoms with E-state index < -0.39 is 0 Å². The normalized spacial score (nSPS) is 11.2. The Kier molecular flexibility index (Phi) is 5.49. The molecular formula is C18H18O. The number of ether oxygens (including phenoxy) is 1. The second-order valence-corrected chi connectivity index (χ2v) is 4.19. The molecule has 19 heavy (non-hydrogen) atoms. The van der Waals surface area contributed by atoms with E-state index in [1.165, 1.54) is 5.56 Å². The van der Waals surface area contributed by atoms with Crippen LogP contribution in [0.1, 0.15) is 17.5 Å². The zero-order chi connectivity index (χ0) is 13.2. The predicted molar refractivity (Wildman–Crippen MR) is 81.5 cm³/mol. The molecule has 0 saturated heterocycles. The molecule has 0 amide bonds. The Morgan fingerprint density at radius 1 is 0.737 bits per heavy atom. The second kappa shape index (κ2) is 7.93. The lowest BCUT2D eigenvalue weighted by atomic mass is 10.2. The van der Waals surface area contributed by atoms with Gasteiger partial charge in [0.05, 0.1) is 12.9 Å². The summed E-state index contributed by atoms with van der Waals surface area (Å²) < 4.78 is 5.44. The zero-order valence-corrected chi connectivity index (χ0v) is 10.9. The largest absolute Gasteiger partial charge is 0.501 e. The lowest BCUT2D eigenvalue weighted by Crippen LogP contribution is -1.83. The Labute approximate surface area is 114 Å². The minimum absolute atomic E-state index is 0.701. The highest BCUT2D eigenvalue weighted by Gasteiger charge is 1.85. The van der Waals surface area contributed by atoms with Crippen molar-refractivity contribution in [3.05, 3.63) is 84.1 Å². The standard InChI is InChI=1S/C18H18O/c1-3-9-17(10-4-1)13-7-8-15-19-16-14-18-11-5-2-6-12-18/h1-7,9-14,16H,8,15H2. The highest BCUT2D eigenvalue weighted by atomic mass is 16.5. The first-order chi connectivity index (χ1) is 9.45. The molecule has 0 unspecified atom stereocenters. The van der Waals surface area contributed by atoms with Crippen molar-refractivity contribution < 1.29 is 4.74 Å². The highest BCUT2D eigenvalue weighted by molar-refractivity contribution is 5.48. The van der Waals surface area contributed by atoms with Crippen molar-refractivity contribution in [2.75, 3.05) is 6.61 Å². The van der Waals surface area contributed by atoms with Gasteiger partial charge in [-0.1, -0.05) is 72.8 Å². The van der Waals surface area contributed by atoms with Crippen LogP contribution in [-0.2, 0) is 4.74 Å². The molecule has 2 aromatic rings. The molecule has 0 saturated carbocycles. The number of hydrogen-bond acceptors (Lipinski definition) is 1. The van der Waals surface area contributed by atoms with Gasteiger partial charge in [0.25, 0.3) is 0 Å². The van der Waals surface area contributed by atoms with E-state index in [1.54, 1.807) is 6.26 Å². The van der Waals surface area contributed by atoms with E-state index in [0.717, 1.165) is 12.0 Å². The summed E-state index contributed by atoms with van der Waals surface area (Å²) in [6.07, 6.45) is 8.89. The van der Waals surface area contributed by atoms with Crippen molar-refractivity contribution in [3.8, 4) is 0 Å². The fourth-order valence-electron chi connectivity index (χ4n) is 1.68. The molecule has 0 aliphatic carbocycles. The maximum atomic E-state index is 5.44. The molecule has 1 heteroatoms. The Morgan fingerprint density at radius 2 is 1.32 bits per heavy atom. The lowest BCUT2D eigenvalue weighted by Gasteiger charge is -1.97. The summed E-state index contributed by atoms with van der Waals surface area (Å²) in [6.45, 7) is 0.701. The minimum atomic E-state index is 0.701. The van der Waals surface area contributed by atoms with Crippen LogP contribution in [0.15, 0.2) is 73.0 Å². The molecule has 0 N–H and O–H groups in total. The molecule has 0 aliphatic heterocycles. The zero-order valence-electron chi connectivity index (χ0n) is 10.9. The number of rotatable bonds is 6. The molecular weight excluding hydrogens is 232 g/mol. The quantitative estimate of drug-likeness (QED) is 0.529. The third-order valence-electron chi connectivity index (χ3n) is 2.67. The van der Waals surface area contributed by atoms with Crippen LogP contribution in [0.5, 0.6) is 0 Å². The molecule has 0 radical (unpaired) electrons. The third-order valence-corrected chi connectivity index (χ3v) is 2.67. The van der Waals surface area contributed by atoms with Gasteiger partial charge in [-0.15, -0.1) is 0 Å². The van der Waals surface area contributed by atoms with Gasteiger partial charge in [-0.2, -0.15) is 0 Å². The Hall–Kier alpha value is -2.28. The van der Waals surface area contributed by atoms with Crippen molar-refractivity contribution in [1.82, 2.24) is 0 Å². The first kappa shape index (κ1) is 13.2. The van der Waals surface area contributed by atoms with Gasteiger partial charge in [0.15, 0.2) is 0 Å². The maximum Gasteiger partial charge on any atom is 0.0907 e. The fourth-order valence-corrected chi connectivity index (χ4v) is 1.68. The highest BCUT2D eigenvalue weighted by Crippen LogP contribution is 2.03. The van der Waals surface area contributed by atoms with E-state index in [2.05, 4.69) is 36.4 Å². The predicted octanol–water partition coefficient (Wildman–Crippen LogP) is 4.78. The van der Waals surface area contributed by atoms with E-state index in [-0.39, 0.29) is 0 Å². The smallest absolute Gasteiger partial charge is 0.0907 e.